The summed E-state index contributed by atoms with van der Waals surface area (Å²) in [7, 11) is -3.28. The molecular weight excluding hydrogens is 378 g/mol. The molecule has 0 spiro atoms. The summed E-state index contributed by atoms with van der Waals surface area (Å²) in [6.45, 7) is 15.6. The molecule has 0 aliphatic carbocycles. The third kappa shape index (κ3) is 9.54. The molecular formula is C19H41N5O3S. The second-order valence-electron chi connectivity index (χ2n) is 8.13. The number of hydrogen-bond acceptors (Lipinski definition) is 5. The van der Waals surface area contributed by atoms with Gasteiger partial charge in [-0.3, -0.25) is 9.89 Å². The van der Waals surface area contributed by atoms with Crippen LogP contribution in [0.1, 0.15) is 47.5 Å². The Hall–Kier alpha value is -0.900. The molecule has 8 nitrogen and oxygen atoms in total. The predicted molar refractivity (Wildman–Crippen MR) is 116 cm³/mol. The van der Waals surface area contributed by atoms with E-state index in [1.807, 2.05) is 20.8 Å². The smallest absolute Gasteiger partial charge is 0.209 e. The number of rotatable bonds is 11. The Kier molecular flexibility index (Phi) is 10.7. The van der Waals surface area contributed by atoms with Crippen molar-refractivity contribution in [1.29, 1.82) is 0 Å². The van der Waals surface area contributed by atoms with Crippen molar-refractivity contribution < 1.29 is 13.2 Å². The summed E-state index contributed by atoms with van der Waals surface area (Å²) in [4.78, 5) is 7.14. The van der Waals surface area contributed by atoms with Crippen molar-refractivity contribution in [1.82, 2.24) is 20.3 Å². The van der Waals surface area contributed by atoms with Crippen LogP contribution in [0.2, 0.25) is 0 Å². The normalized spacial score (nSPS) is 18.3. The quantitative estimate of drug-likeness (QED) is 0.342. The first-order valence-corrected chi connectivity index (χ1v) is 12.3. The van der Waals surface area contributed by atoms with Crippen molar-refractivity contribution in [2.24, 2.45) is 10.9 Å². The van der Waals surface area contributed by atoms with Crippen LogP contribution in [-0.4, -0.2) is 83.1 Å². The zero-order valence-electron chi connectivity index (χ0n) is 18.5. The van der Waals surface area contributed by atoms with Gasteiger partial charge in [0.05, 0.1) is 26.0 Å². The van der Waals surface area contributed by atoms with Crippen molar-refractivity contribution in [3.8, 4) is 0 Å². The molecule has 1 heterocycles. The average Bonchev–Trinajstić information content (AvgIpc) is 2.61. The molecule has 1 unspecified atom stereocenters. The molecule has 0 aromatic rings. The van der Waals surface area contributed by atoms with Gasteiger partial charge in [-0.05, 0) is 26.7 Å². The molecule has 0 saturated carbocycles. The van der Waals surface area contributed by atoms with E-state index in [9.17, 15) is 8.42 Å². The Balaban J connectivity index is 2.80. The monoisotopic (exact) mass is 419 g/mol. The highest BCUT2D eigenvalue weighted by molar-refractivity contribution is 7.88. The number of nitrogens with zero attached hydrogens (tertiary/aromatic N) is 2. The molecule has 0 aromatic carbocycles. The average molecular weight is 420 g/mol. The van der Waals surface area contributed by atoms with Gasteiger partial charge in [0.2, 0.25) is 10.0 Å². The van der Waals surface area contributed by atoms with Gasteiger partial charge in [0.25, 0.3) is 0 Å². The molecule has 28 heavy (non-hydrogen) atoms. The number of sulfonamides is 1. The largest absolute Gasteiger partial charge is 0.379 e. The van der Waals surface area contributed by atoms with Crippen LogP contribution in [0.3, 0.4) is 0 Å². The summed E-state index contributed by atoms with van der Waals surface area (Å²) in [5.74, 6) is 1.33. The highest BCUT2D eigenvalue weighted by atomic mass is 32.2. The zero-order valence-corrected chi connectivity index (χ0v) is 19.4. The van der Waals surface area contributed by atoms with E-state index in [0.29, 0.717) is 18.5 Å². The number of ether oxygens (including phenoxy) is 1. The van der Waals surface area contributed by atoms with E-state index in [4.69, 9.17) is 4.74 Å². The Morgan fingerprint density at radius 1 is 1.14 bits per heavy atom. The lowest BCUT2D eigenvalue weighted by Crippen LogP contribution is -2.53. The lowest BCUT2D eigenvalue weighted by atomic mass is 9.92. The Morgan fingerprint density at radius 2 is 1.75 bits per heavy atom. The highest BCUT2D eigenvalue weighted by Crippen LogP contribution is 2.19. The van der Waals surface area contributed by atoms with Gasteiger partial charge in [-0.25, -0.2) is 13.1 Å². The fraction of sp³-hybridized carbons (Fsp3) is 0.947. The van der Waals surface area contributed by atoms with Crippen molar-refractivity contribution >= 4 is 16.0 Å². The van der Waals surface area contributed by atoms with E-state index in [1.54, 1.807) is 0 Å². The third-order valence-electron chi connectivity index (χ3n) is 5.02. The molecule has 0 radical (unpaired) electrons. The molecule has 1 aliphatic rings. The van der Waals surface area contributed by atoms with Crippen LogP contribution in [0.15, 0.2) is 4.99 Å². The molecule has 0 aromatic heterocycles. The number of aliphatic imine (C=N–C) groups is 1. The third-order valence-corrected chi connectivity index (χ3v) is 5.95. The molecule has 1 rings (SSSR count). The Morgan fingerprint density at radius 3 is 2.25 bits per heavy atom. The van der Waals surface area contributed by atoms with Gasteiger partial charge < -0.3 is 15.4 Å². The first kappa shape index (κ1) is 25.1. The number of hydrogen-bond donors (Lipinski definition) is 3. The maximum Gasteiger partial charge on any atom is 0.209 e. The molecule has 3 N–H and O–H groups in total. The molecule has 166 valence electrons. The summed E-state index contributed by atoms with van der Waals surface area (Å²) >= 11 is 0. The molecule has 1 saturated heterocycles. The van der Waals surface area contributed by atoms with Crippen LogP contribution in [-0.2, 0) is 14.8 Å². The minimum Gasteiger partial charge on any atom is -0.379 e. The maximum atomic E-state index is 11.5. The van der Waals surface area contributed by atoms with Gasteiger partial charge in [0.15, 0.2) is 5.96 Å². The van der Waals surface area contributed by atoms with Crippen LogP contribution in [0.5, 0.6) is 0 Å². The summed E-state index contributed by atoms with van der Waals surface area (Å²) in [5, 5.41) is 6.75. The number of nitrogens with one attached hydrogen (secondary N) is 3. The molecule has 9 heteroatoms. The second kappa shape index (κ2) is 11.9. The molecule has 1 fully saturated rings. The van der Waals surface area contributed by atoms with Gasteiger partial charge in [-0.2, -0.15) is 0 Å². The lowest BCUT2D eigenvalue weighted by molar-refractivity contribution is 0.00272. The topological polar surface area (TPSA) is 95.1 Å². The van der Waals surface area contributed by atoms with E-state index in [0.717, 1.165) is 58.2 Å². The fourth-order valence-electron chi connectivity index (χ4n) is 3.69. The SMILES string of the molecule is CCNC(=NCC(C)(C)NS(C)(=O)=O)NCC(C(CC)CC)N1CCOCC1. The molecule has 0 bridgehead atoms. The Bertz CT molecular complexity index is 570. The van der Waals surface area contributed by atoms with Crippen LogP contribution in [0.4, 0.5) is 0 Å². The highest BCUT2D eigenvalue weighted by Gasteiger charge is 2.27. The second-order valence-corrected chi connectivity index (χ2v) is 9.87. The number of guanidine groups is 1. The maximum absolute atomic E-state index is 11.5. The van der Waals surface area contributed by atoms with Crippen molar-refractivity contribution in [2.45, 2.75) is 59.0 Å². The van der Waals surface area contributed by atoms with E-state index in [2.05, 4.69) is 39.1 Å². The predicted octanol–water partition coefficient (Wildman–Crippen LogP) is 1.01. The van der Waals surface area contributed by atoms with Crippen LogP contribution < -0.4 is 15.4 Å². The van der Waals surface area contributed by atoms with Crippen LogP contribution in [0.25, 0.3) is 0 Å². The van der Waals surface area contributed by atoms with Gasteiger partial charge in [-0.15, -0.1) is 0 Å². The summed E-state index contributed by atoms with van der Waals surface area (Å²) in [6, 6.07) is 0.421. The van der Waals surface area contributed by atoms with Crippen molar-refractivity contribution in [3.63, 3.8) is 0 Å². The minimum absolute atomic E-state index is 0.350. The van der Waals surface area contributed by atoms with Gasteiger partial charge in [0.1, 0.15) is 0 Å². The van der Waals surface area contributed by atoms with E-state index in [-0.39, 0.29) is 0 Å². The van der Waals surface area contributed by atoms with Crippen LogP contribution in [0, 0.1) is 5.92 Å². The molecule has 1 aliphatic heterocycles. The molecule has 1 atom stereocenters. The lowest BCUT2D eigenvalue weighted by Gasteiger charge is -2.39. The summed E-state index contributed by atoms with van der Waals surface area (Å²) in [6.07, 6.45) is 3.45. The standard InChI is InChI=1S/C19H41N5O3S/c1-7-16(8-2)17(24-10-12-27-13-11-24)14-21-18(20-9-3)22-15-19(4,5)23-28(6,25)26/h16-17,23H,7-15H2,1-6H3,(H2,20,21,22). The van der Waals surface area contributed by atoms with E-state index < -0.39 is 15.6 Å². The summed E-state index contributed by atoms with van der Waals surface area (Å²) < 4.78 is 31.2. The van der Waals surface area contributed by atoms with E-state index in [1.165, 1.54) is 6.26 Å². The Labute approximate surface area is 171 Å². The van der Waals surface area contributed by atoms with Gasteiger partial charge in [-0.1, -0.05) is 26.7 Å². The molecule has 0 amide bonds. The zero-order chi connectivity index (χ0) is 21.2. The van der Waals surface area contributed by atoms with E-state index >= 15 is 0 Å². The van der Waals surface area contributed by atoms with Gasteiger partial charge >= 0.3 is 0 Å². The first-order chi connectivity index (χ1) is 13.1. The summed E-state index contributed by atoms with van der Waals surface area (Å²) in [5.41, 5.74) is -0.644. The van der Waals surface area contributed by atoms with Gasteiger partial charge in [0, 0.05) is 37.8 Å². The van der Waals surface area contributed by atoms with Crippen molar-refractivity contribution in [2.75, 3.05) is 52.2 Å². The van der Waals surface area contributed by atoms with Crippen molar-refractivity contribution in [3.05, 3.63) is 0 Å². The minimum atomic E-state index is -3.28. The van der Waals surface area contributed by atoms with Crippen LogP contribution >= 0.6 is 0 Å². The first-order valence-electron chi connectivity index (χ1n) is 10.4. The number of morpholine rings is 1. The fourth-order valence-corrected chi connectivity index (χ4v) is 4.76.